The SMILES string of the molecule is COCCC(N)c1nc(-c2ccncc2C)no1. The highest BCUT2D eigenvalue weighted by atomic mass is 16.5. The second-order valence-corrected chi connectivity index (χ2v) is 4.03. The number of rotatable bonds is 5. The number of nitrogens with two attached hydrogens (primary N) is 1. The molecule has 0 saturated carbocycles. The average molecular weight is 248 g/mol. The first-order chi connectivity index (χ1) is 8.72. The van der Waals surface area contributed by atoms with Crippen LogP contribution >= 0.6 is 0 Å². The van der Waals surface area contributed by atoms with Gasteiger partial charge in [-0.2, -0.15) is 4.98 Å². The maximum Gasteiger partial charge on any atom is 0.243 e. The number of ether oxygens (including phenoxy) is 1. The molecule has 0 radical (unpaired) electrons. The maximum atomic E-state index is 5.92. The van der Waals surface area contributed by atoms with Gasteiger partial charge >= 0.3 is 0 Å². The molecule has 2 aromatic rings. The molecule has 0 spiro atoms. The van der Waals surface area contributed by atoms with E-state index in [2.05, 4.69) is 15.1 Å². The Morgan fingerprint density at radius 1 is 1.50 bits per heavy atom. The first-order valence-electron chi connectivity index (χ1n) is 5.71. The zero-order valence-electron chi connectivity index (χ0n) is 10.5. The molecule has 6 heteroatoms. The van der Waals surface area contributed by atoms with Crippen molar-refractivity contribution >= 4 is 0 Å². The number of hydrogen-bond acceptors (Lipinski definition) is 6. The Bertz CT molecular complexity index is 512. The second-order valence-electron chi connectivity index (χ2n) is 4.03. The Labute approximate surface area is 105 Å². The lowest BCUT2D eigenvalue weighted by atomic mass is 10.1. The van der Waals surface area contributed by atoms with Crippen molar-refractivity contribution in [1.29, 1.82) is 0 Å². The monoisotopic (exact) mass is 248 g/mol. The fraction of sp³-hybridized carbons (Fsp3) is 0.417. The van der Waals surface area contributed by atoms with E-state index in [1.165, 1.54) is 0 Å². The van der Waals surface area contributed by atoms with E-state index < -0.39 is 0 Å². The Balaban J connectivity index is 2.18. The number of aromatic nitrogens is 3. The van der Waals surface area contributed by atoms with Crippen LogP contribution < -0.4 is 5.73 Å². The molecule has 0 aliphatic rings. The van der Waals surface area contributed by atoms with E-state index in [0.717, 1.165) is 11.1 Å². The van der Waals surface area contributed by atoms with Gasteiger partial charge in [0.1, 0.15) is 0 Å². The summed E-state index contributed by atoms with van der Waals surface area (Å²) in [5, 5.41) is 3.94. The van der Waals surface area contributed by atoms with E-state index >= 15 is 0 Å². The van der Waals surface area contributed by atoms with Crippen molar-refractivity contribution in [3.8, 4) is 11.4 Å². The van der Waals surface area contributed by atoms with Crippen LogP contribution in [0.5, 0.6) is 0 Å². The van der Waals surface area contributed by atoms with Crippen LogP contribution in [-0.2, 0) is 4.74 Å². The van der Waals surface area contributed by atoms with Crippen LogP contribution in [0.15, 0.2) is 23.0 Å². The van der Waals surface area contributed by atoms with Crippen molar-refractivity contribution in [2.45, 2.75) is 19.4 Å². The number of nitrogens with zero attached hydrogens (tertiary/aromatic N) is 3. The molecular weight excluding hydrogens is 232 g/mol. The minimum absolute atomic E-state index is 0.298. The molecule has 2 N–H and O–H groups in total. The predicted molar refractivity (Wildman–Crippen MR) is 65.7 cm³/mol. The lowest BCUT2D eigenvalue weighted by molar-refractivity contribution is 0.182. The zero-order valence-corrected chi connectivity index (χ0v) is 10.5. The second kappa shape index (κ2) is 5.70. The normalized spacial score (nSPS) is 12.6. The third kappa shape index (κ3) is 2.72. The van der Waals surface area contributed by atoms with Gasteiger partial charge in [0.2, 0.25) is 11.7 Å². The Hall–Kier alpha value is -1.79. The highest BCUT2D eigenvalue weighted by Gasteiger charge is 2.16. The average Bonchev–Trinajstić information content (AvgIpc) is 2.86. The Morgan fingerprint density at radius 2 is 2.33 bits per heavy atom. The van der Waals surface area contributed by atoms with E-state index in [1.807, 2.05) is 13.0 Å². The van der Waals surface area contributed by atoms with E-state index in [1.54, 1.807) is 19.5 Å². The van der Waals surface area contributed by atoms with Gasteiger partial charge in [-0.3, -0.25) is 4.98 Å². The summed E-state index contributed by atoms with van der Waals surface area (Å²) in [7, 11) is 1.63. The number of aryl methyl sites for hydroxylation is 1. The van der Waals surface area contributed by atoms with E-state index in [-0.39, 0.29) is 6.04 Å². The van der Waals surface area contributed by atoms with Crippen LogP contribution in [0, 0.1) is 6.92 Å². The van der Waals surface area contributed by atoms with Crippen molar-refractivity contribution in [2.75, 3.05) is 13.7 Å². The fourth-order valence-corrected chi connectivity index (χ4v) is 1.59. The van der Waals surface area contributed by atoms with Gasteiger partial charge in [-0.05, 0) is 25.0 Å². The smallest absolute Gasteiger partial charge is 0.243 e. The summed E-state index contributed by atoms with van der Waals surface area (Å²) < 4.78 is 10.1. The van der Waals surface area contributed by atoms with Crippen LogP contribution in [-0.4, -0.2) is 28.8 Å². The maximum absolute atomic E-state index is 5.92. The summed E-state index contributed by atoms with van der Waals surface area (Å²) >= 11 is 0. The third-order valence-electron chi connectivity index (χ3n) is 2.65. The molecule has 2 heterocycles. The molecule has 96 valence electrons. The largest absolute Gasteiger partial charge is 0.385 e. The molecule has 0 bridgehead atoms. The van der Waals surface area contributed by atoms with E-state index in [4.69, 9.17) is 15.0 Å². The van der Waals surface area contributed by atoms with Gasteiger partial charge in [0.15, 0.2) is 0 Å². The summed E-state index contributed by atoms with van der Waals surface area (Å²) in [4.78, 5) is 8.33. The summed E-state index contributed by atoms with van der Waals surface area (Å²) in [6.07, 6.45) is 4.10. The molecule has 0 aliphatic heterocycles. The van der Waals surface area contributed by atoms with Gasteiger partial charge < -0.3 is 15.0 Å². The molecule has 0 aromatic carbocycles. The highest BCUT2D eigenvalue weighted by molar-refractivity contribution is 5.57. The van der Waals surface area contributed by atoms with Crippen molar-refractivity contribution < 1.29 is 9.26 Å². The fourth-order valence-electron chi connectivity index (χ4n) is 1.59. The van der Waals surface area contributed by atoms with Crippen LogP contribution in [0.2, 0.25) is 0 Å². The third-order valence-corrected chi connectivity index (χ3v) is 2.65. The molecule has 0 saturated heterocycles. The van der Waals surface area contributed by atoms with Crippen molar-refractivity contribution in [3.63, 3.8) is 0 Å². The lowest BCUT2D eigenvalue weighted by Gasteiger charge is -2.04. The first kappa shape index (κ1) is 12.7. The highest BCUT2D eigenvalue weighted by Crippen LogP contribution is 2.21. The van der Waals surface area contributed by atoms with Gasteiger partial charge in [-0.1, -0.05) is 5.16 Å². The molecule has 2 rings (SSSR count). The van der Waals surface area contributed by atoms with Gasteiger partial charge in [0, 0.05) is 31.7 Å². The van der Waals surface area contributed by atoms with Crippen LogP contribution in [0.1, 0.15) is 23.9 Å². The summed E-state index contributed by atoms with van der Waals surface area (Å²) in [6, 6.07) is 1.55. The van der Waals surface area contributed by atoms with Crippen molar-refractivity contribution in [1.82, 2.24) is 15.1 Å². The molecule has 0 fully saturated rings. The van der Waals surface area contributed by atoms with Gasteiger partial charge in [0.25, 0.3) is 0 Å². The van der Waals surface area contributed by atoms with Gasteiger partial charge in [0.05, 0.1) is 6.04 Å². The first-order valence-corrected chi connectivity index (χ1v) is 5.71. The summed E-state index contributed by atoms with van der Waals surface area (Å²) in [6.45, 7) is 2.51. The predicted octanol–water partition coefficient (Wildman–Crippen LogP) is 1.48. The van der Waals surface area contributed by atoms with Crippen LogP contribution in [0.3, 0.4) is 0 Å². The number of methoxy groups -OCH3 is 1. The van der Waals surface area contributed by atoms with Crippen molar-refractivity contribution in [3.05, 3.63) is 29.9 Å². The standard InChI is InChI=1S/C12H16N4O2/c1-8-7-14-5-3-9(8)11-15-12(18-16-11)10(13)4-6-17-2/h3,5,7,10H,4,6,13H2,1-2H3. The molecule has 1 atom stereocenters. The van der Waals surface area contributed by atoms with E-state index in [9.17, 15) is 0 Å². The number of pyridine rings is 1. The number of hydrogen-bond donors (Lipinski definition) is 1. The Morgan fingerprint density at radius 3 is 3.06 bits per heavy atom. The minimum atomic E-state index is -0.298. The molecule has 0 aliphatic carbocycles. The molecular formula is C12H16N4O2. The summed E-state index contributed by atoms with van der Waals surface area (Å²) in [5.74, 6) is 0.969. The molecule has 18 heavy (non-hydrogen) atoms. The minimum Gasteiger partial charge on any atom is -0.385 e. The van der Waals surface area contributed by atoms with Crippen molar-refractivity contribution in [2.24, 2.45) is 5.73 Å². The van der Waals surface area contributed by atoms with Gasteiger partial charge in [-0.25, -0.2) is 0 Å². The molecule has 0 amide bonds. The summed E-state index contributed by atoms with van der Waals surface area (Å²) in [5.41, 5.74) is 7.82. The lowest BCUT2D eigenvalue weighted by Crippen LogP contribution is -2.13. The molecule has 2 aromatic heterocycles. The van der Waals surface area contributed by atoms with E-state index in [0.29, 0.717) is 24.7 Å². The quantitative estimate of drug-likeness (QED) is 0.862. The van der Waals surface area contributed by atoms with Crippen LogP contribution in [0.25, 0.3) is 11.4 Å². The zero-order chi connectivity index (χ0) is 13.0. The molecule has 1 unspecified atom stereocenters. The van der Waals surface area contributed by atoms with Gasteiger partial charge in [-0.15, -0.1) is 0 Å². The molecule has 6 nitrogen and oxygen atoms in total. The van der Waals surface area contributed by atoms with Crippen LogP contribution in [0.4, 0.5) is 0 Å². The topological polar surface area (TPSA) is 87.1 Å². The Kier molecular flexibility index (Phi) is 4.01.